The summed E-state index contributed by atoms with van der Waals surface area (Å²) in [5.74, 6) is 0.464. The van der Waals surface area contributed by atoms with Crippen LogP contribution in [0.4, 0.5) is 0 Å². The lowest BCUT2D eigenvalue weighted by Crippen LogP contribution is -2.01. The Morgan fingerprint density at radius 2 is 2.14 bits per heavy atom. The number of carbonyl (C=O) groups excluding carboxylic acids is 2. The molecule has 3 nitrogen and oxygen atoms in total. The smallest absolute Gasteiger partial charge is 0.156 e. The van der Waals surface area contributed by atoms with E-state index in [0.29, 0.717) is 11.3 Å². The maximum Gasteiger partial charge on any atom is 0.156 e. The largest absolute Gasteiger partial charge is 0.465 e. The molecule has 0 saturated carbocycles. The van der Waals surface area contributed by atoms with E-state index in [1.165, 1.54) is 20.1 Å². The third-order valence-corrected chi connectivity index (χ3v) is 1.75. The summed E-state index contributed by atoms with van der Waals surface area (Å²) < 4.78 is 5.06. The highest BCUT2D eigenvalue weighted by molar-refractivity contribution is 6.02. The Balaban J connectivity index is 2.88. The number of ketones is 2. The first-order valence-corrected chi connectivity index (χ1v) is 4.34. The molecule has 0 aliphatic heterocycles. The molecule has 0 spiro atoms. The van der Waals surface area contributed by atoms with Crippen LogP contribution in [-0.4, -0.2) is 11.6 Å². The first-order valence-electron chi connectivity index (χ1n) is 4.34. The Bertz CT molecular complexity index is 358. The highest BCUT2D eigenvalue weighted by Gasteiger charge is 2.07. The van der Waals surface area contributed by atoms with E-state index in [9.17, 15) is 9.59 Å². The summed E-state index contributed by atoms with van der Waals surface area (Å²) in [5, 5.41) is 0. The molecule has 0 bridgehead atoms. The minimum atomic E-state index is -0.100. The average molecular weight is 192 g/mol. The van der Waals surface area contributed by atoms with Crippen molar-refractivity contribution in [3.63, 3.8) is 0 Å². The third kappa shape index (κ3) is 3.01. The molecular formula is C11H12O3. The number of furan rings is 1. The van der Waals surface area contributed by atoms with Gasteiger partial charge in [-0.1, -0.05) is 0 Å². The number of carbonyl (C=O) groups is 2. The minimum absolute atomic E-state index is 0.0296. The summed E-state index contributed by atoms with van der Waals surface area (Å²) in [6.07, 6.45) is 3.29. The first-order chi connectivity index (χ1) is 6.59. The van der Waals surface area contributed by atoms with Crippen LogP contribution in [-0.2, 0) is 9.59 Å². The summed E-state index contributed by atoms with van der Waals surface area (Å²) in [7, 11) is 0. The second kappa shape index (κ2) is 4.56. The van der Waals surface area contributed by atoms with Crippen LogP contribution in [0.1, 0.15) is 26.0 Å². The Labute approximate surface area is 82.4 Å². The van der Waals surface area contributed by atoms with Crippen LogP contribution in [0.5, 0.6) is 0 Å². The predicted octanol–water partition coefficient (Wildman–Crippen LogP) is 2.23. The highest BCUT2D eigenvalue weighted by Crippen LogP contribution is 2.11. The van der Waals surface area contributed by atoms with Gasteiger partial charge in [-0.15, -0.1) is 0 Å². The van der Waals surface area contributed by atoms with Crippen molar-refractivity contribution in [3.05, 3.63) is 29.7 Å². The van der Waals surface area contributed by atoms with Crippen molar-refractivity contribution in [1.82, 2.24) is 0 Å². The molecule has 14 heavy (non-hydrogen) atoms. The van der Waals surface area contributed by atoms with Crippen molar-refractivity contribution in [2.75, 3.05) is 0 Å². The summed E-state index contributed by atoms with van der Waals surface area (Å²) in [6, 6.07) is 3.47. The standard InChI is InChI=1S/C11H12O3/c1-8(12)6-10(9(2)13)7-11-4-3-5-14-11/h3-5,7H,6H2,1-2H3. The highest BCUT2D eigenvalue weighted by atomic mass is 16.3. The van der Waals surface area contributed by atoms with Gasteiger partial charge < -0.3 is 4.42 Å². The molecule has 0 aliphatic carbocycles. The van der Waals surface area contributed by atoms with Crippen LogP contribution in [0.2, 0.25) is 0 Å². The van der Waals surface area contributed by atoms with Gasteiger partial charge in [0.1, 0.15) is 11.5 Å². The molecule has 0 unspecified atom stereocenters. The molecule has 1 rings (SSSR count). The van der Waals surface area contributed by atoms with E-state index in [-0.39, 0.29) is 18.0 Å². The number of hydrogen-bond acceptors (Lipinski definition) is 3. The van der Waals surface area contributed by atoms with Gasteiger partial charge in [-0.05, 0) is 32.1 Å². The quantitative estimate of drug-likeness (QED) is 0.687. The minimum Gasteiger partial charge on any atom is -0.465 e. The number of hydrogen-bond donors (Lipinski definition) is 0. The molecule has 1 aromatic rings. The van der Waals surface area contributed by atoms with Crippen molar-refractivity contribution in [1.29, 1.82) is 0 Å². The Kier molecular flexibility index (Phi) is 3.40. The molecule has 0 aliphatic rings. The molecule has 0 atom stereocenters. The lowest BCUT2D eigenvalue weighted by atomic mass is 10.1. The zero-order valence-electron chi connectivity index (χ0n) is 8.24. The molecule has 3 heteroatoms. The van der Waals surface area contributed by atoms with Gasteiger partial charge in [0.05, 0.1) is 6.26 Å². The van der Waals surface area contributed by atoms with Gasteiger partial charge in [0.15, 0.2) is 5.78 Å². The molecule has 1 aromatic heterocycles. The van der Waals surface area contributed by atoms with Gasteiger partial charge in [0.2, 0.25) is 0 Å². The van der Waals surface area contributed by atoms with E-state index < -0.39 is 0 Å². The van der Waals surface area contributed by atoms with Crippen molar-refractivity contribution < 1.29 is 14.0 Å². The Morgan fingerprint density at radius 1 is 1.43 bits per heavy atom. The third-order valence-electron chi connectivity index (χ3n) is 1.75. The summed E-state index contributed by atoms with van der Waals surface area (Å²) >= 11 is 0. The second-order valence-corrected chi connectivity index (χ2v) is 3.12. The molecule has 0 amide bonds. The number of allylic oxidation sites excluding steroid dienone is 1. The summed E-state index contributed by atoms with van der Waals surface area (Å²) in [5.41, 5.74) is 0.479. The Hall–Kier alpha value is -1.64. The van der Waals surface area contributed by atoms with Crippen LogP contribution < -0.4 is 0 Å². The van der Waals surface area contributed by atoms with Crippen molar-refractivity contribution in [2.24, 2.45) is 0 Å². The normalized spacial score (nSPS) is 11.4. The van der Waals surface area contributed by atoms with E-state index >= 15 is 0 Å². The van der Waals surface area contributed by atoms with Crippen LogP contribution in [0.3, 0.4) is 0 Å². The van der Waals surface area contributed by atoms with Gasteiger partial charge >= 0.3 is 0 Å². The fraction of sp³-hybridized carbons (Fsp3) is 0.273. The maximum absolute atomic E-state index is 11.1. The molecule has 74 valence electrons. The zero-order valence-corrected chi connectivity index (χ0v) is 8.24. The maximum atomic E-state index is 11.1. The molecule has 1 heterocycles. The Morgan fingerprint density at radius 3 is 2.57 bits per heavy atom. The van der Waals surface area contributed by atoms with Gasteiger partial charge in [-0.3, -0.25) is 9.59 Å². The van der Waals surface area contributed by atoms with Crippen LogP contribution in [0.25, 0.3) is 6.08 Å². The van der Waals surface area contributed by atoms with E-state index in [2.05, 4.69) is 0 Å². The number of Topliss-reactive ketones (excluding diaryl/α,β-unsaturated/α-hetero) is 2. The monoisotopic (exact) mass is 192 g/mol. The van der Waals surface area contributed by atoms with E-state index in [1.54, 1.807) is 18.2 Å². The van der Waals surface area contributed by atoms with Gasteiger partial charge in [-0.2, -0.15) is 0 Å². The molecule has 0 fully saturated rings. The lowest BCUT2D eigenvalue weighted by molar-refractivity contribution is -0.119. The summed E-state index contributed by atoms with van der Waals surface area (Å²) in [6.45, 7) is 2.90. The van der Waals surface area contributed by atoms with Crippen LogP contribution in [0, 0.1) is 0 Å². The van der Waals surface area contributed by atoms with E-state index in [0.717, 1.165) is 0 Å². The first kappa shape index (κ1) is 10.4. The SMILES string of the molecule is CC(=O)CC(=Cc1ccco1)C(C)=O. The average Bonchev–Trinajstić information content (AvgIpc) is 2.54. The van der Waals surface area contributed by atoms with Gasteiger partial charge in [0, 0.05) is 12.0 Å². The van der Waals surface area contributed by atoms with Crippen LogP contribution in [0.15, 0.2) is 28.4 Å². The summed E-state index contributed by atoms with van der Waals surface area (Å²) in [4.78, 5) is 22.0. The van der Waals surface area contributed by atoms with Gasteiger partial charge in [0.25, 0.3) is 0 Å². The fourth-order valence-corrected chi connectivity index (χ4v) is 1.09. The number of rotatable bonds is 4. The predicted molar refractivity (Wildman–Crippen MR) is 52.7 cm³/mol. The fourth-order valence-electron chi connectivity index (χ4n) is 1.09. The molecular weight excluding hydrogens is 180 g/mol. The molecule has 0 N–H and O–H groups in total. The van der Waals surface area contributed by atoms with Crippen LogP contribution >= 0.6 is 0 Å². The van der Waals surface area contributed by atoms with Gasteiger partial charge in [-0.25, -0.2) is 0 Å². The van der Waals surface area contributed by atoms with E-state index in [4.69, 9.17) is 4.42 Å². The van der Waals surface area contributed by atoms with E-state index in [1.807, 2.05) is 0 Å². The van der Waals surface area contributed by atoms with Crippen molar-refractivity contribution >= 4 is 17.6 Å². The lowest BCUT2D eigenvalue weighted by Gasteiger charge is -1.98. The molecule has 0 aromatic carbocycles. The van der Waals surface area contributed by atoms with Crippen molar-refractivity contribution in [2.45, 2.75) is 20.3 Å². The van der Waals surface area contributed by atoms with Crippen molar-refractivity contribution in [3.8, 4) is 0 Å². The molecule has 0 radical (unpaired) electrons. The second-order valence-electron chi connectivity index (χ2n) is 3.12. The zero-order chi connectivity index (χ0) is 10.6. The topological polar surface area (TPSA) is 47.3 Å². The molecule has 0 saturated heterocycles.